The lowest BCUT2D eigenvalue weighted by molar-refractivity contribution is 0.102. The molecule has 0 radical (unpaired) electrons. The molecule has 2 aromatic carbocycles. The SMILES string of the molecule is Cc1cc(C(C)(C)C)cc(C)c1CSc1nnc(NC(=O)c2ccccc2Br)s1.Cl. The first-order valence-electron chi connectivity index (χ1n) is 9.28. The molecule has 0 aliphatic rings. The van der Waals surface area contributed by atoms with E-state index in [1.54, 1.807) is 17.8 Å². The molecule has 30 heavy (non-hydrogen) atoms. The lowest BCUT2D eigenvalue weighted by Gasteiger charge is -2.22. The van der Waals surface area contributed by atoms with Crippen LogP contribution >= 0.6 is 51.4 Å². The van der Waals surface area contributed by atoms with Crippen molar-refractivity contribution in [3.05, 3.63) is 68.7 Å². The fourth-order valence-electron chi connectivity index (χ4n) is 2.92. The Balaban J connectivity index is 0.00000320. The molecule has 1 amide bonds. The van der Waals surface area contributed by atoms with E-state index in [0.717, 1.165) is 14.6 Å². The summed E-state index contributed by atoms with van der Waals surface area (Å²) < 4.78 is 1.59. The number of aryl methyl sites for hydroxylation is 2. The topological polar surface area (TPSA) is 54.9 Å². The molecule has 160 valence electrons. The highest BCUT2D eigenvalue weighted by Crippen LogP contribution is 2.33. The summed E-state index contributed by atoms with van der Waals surface area (Å²) in [6.07, 6.45) is 0. The summed E-state index contributed by atoms with van der Waals surface area (Å²) in [5, 5.41) is 11.7. The molecule has 0 fully saturated rings. The van der Waals surface area contributed by atoms with Crippen LogP contribution in [0, 0.1) is 13.8 Å². The molecular weight excluding hydrogens is 502 g/mol. The molecule has 0 saturated carbocycles. The van der Waals surface area contributed by atoms with Crippen molar-refractivity contribution < 1.29 is 4.79 Å². The molecule has 1 heterocycles. The van der Waals surface area contributed by atoms with Gasteiger partial charge in [-0.15, -0.1) is 22.6 Å². The lowest BCUT2D eigenvalue weighted by atomic mass is 9.84. The van der Waals surface area contributed by atoms with Gasteiger partial charge in [-0.05, 0) is 69.6 Å². The normalized spacial score (nSPS) is 11.1. The van der Waals surface area contributed by atoms with Gasteiger partial charge < -0.3 is 0 Å². The third kappa shape index (κ3) is 6.06. The number of nitrogens with zero attached hydrogens (tertiary/aromatic N) is 2. The molecule has 0 saturated heterocycles. The van der Waals surface area contributed by atoms with Crippen molar-refractivity contribution in [1.29, 1.82) is 0 Å². The highest BCUT2D eigenvalue weighted by atomic mass is 79.9. The van der Waals surface area contributed by atoms with E-state index in [2.05, 4.69) is 78.2 Å². The van der Waals surface area contributed by atoms with Gasteiger partial charge in [-0.3, -0.25) is 10.1 Å². The van der Waals surface area contributed by atoms with Crippen molar-refractivity contribution in [1.82, 2.24) is 10.2 Å². The van der Waals surface area contributed by atoms with Crippen molar-refractivity contribution >= 4 is 62.5 Å². The average Bonchev–Trinajstić information content (AvgIpc) is 3.07. The van der Waals surface area contributed by atoms with Gasteiger partial charge in [-0.2, -0.15) is 0 Å². The fourth-order valence-corrected chi connectivity index (χ4v) is 5.32. The highest BCUT2D eigenvalue weighted by Gasteiger charge is 2.17. The molecule has 0 atom stereocenters. The minimum absolute atomic E-state index is 0. The summed E-state index contributed by atoms with van der Waals surface area (Å²) in [6, 6.07) is 11.9. The van der Waals surface area contributed by atoms with Gasteiger partial charge in [0.15, 0.2) is 4.34 Å². The molecule has 8 heteroatoms. The van der Waals surface area contributed by atoms with E-state index >= 15 is 0 Å². The molecule has 0 bridgehead atoms. The van der Waals surface area contributed by atoms with E-state index in [1.165, 1.54) is 33.6 Å². The van der Waals surface area contributed by atoms with Crippen LogP contribution in [0.4, 0.5) is 5.13 Å². The zero-order valence-corrected chi connectivity index (χ0v) is 21.6. The molecule has 0 aliphatic heterocycles. The van der Waals surface area contributed by atoms with Crippen LogP contribution in [-0.4, -0.2) is 16.1 Å². The van der Waals surface area contributed by atoms with Gasteiger partial charge >= 0.3 is 0 Å². The highest BCUT2D eigenvalue weighted by molar-refractivity contribution is 9.10. The monoisotopic (exact) mass is 525 g/mol. The Kier molecular flexibility index (Phi) is 8.51. The number of carbonyl (C=O) groups is 1. The number of anilines is 1. The van der Waals surface area contributed by atoms with Crippen LogP contribution in [0.15, 0.2) is 45.2 Å². The number of aromatic nitrogens is 2. The first-order valence-corrected chi connectivity index (χ1v) is 11.9. The predicted octanol–water partition coefficient (Wildman–Crippen LogP) is 7.18. The van der Waals surface area contributed by atoms with E-state index in [4.69, 9.17) is 0 Å². The number of amides is 1. The average molecular weight is 527 g/mol. The summed E-state index contributed by atoms with van der Waals surface area (Å²) in [7, 11) is 0. The molecule has 1 N–H and O–H groups in total. The third-order valence-electron chi connectivity index (χ3n) is 4.65. The van der Waals surface area contributed by atoms with Crippen LogP contribution < -0.4 is 5.32 Å². The first-order chi connectivity index (χ1) is 13.6. The van der Waals surface area contributed by atoms with E-state index in [0.29, 0.717) is 10.7 Å². The lowest BCUT2D eigenvalue weighted by Crippen LogP contribution is -2.12. The quantitative estimate of drug-likeness (QED) is 0.282. The van der Waals surface area contributed by atoms with Crippen LogP contribution in [0.5, 0.6) is 0 Å². The summed E-state index contributed by atoms with van der Waals surface area (Å²) in [6.45, 7) is 11.0. The molecule has 0 unspecified atom stereocenters. The van der Waals surface area contributed by atoms with Crippen molar-refractivity contribution in [3.63, 3.8) is 0 Å². The van der Waals surface area contributed by atoms with Crippen LogP contribution in [0.25, 0.3) is 0 Å². The van der Waals surface area contributed by atoms with E-state index in [-0.39, 0.29) is 23.7 Å². The Bertz CT molecular complexity index is 1020. The van der Waals surface area contributed by atoms with E-state index in [9.17, 15) is 4.79 Å². The van der Waals surface area contributed by atoms with Crippen LogP contribution in [0.2, 0.25) is 0 Å². The standard InChI is InChI=1S/C22H24BrN3OS2.ClH/c1-13-10-15(22(3,4)5)11-14(2)17(13)12-28-21-26-25-20(29-21)24-19(27)16-8-6-7-9-18(16)23;/h6-11H,12H2,1-5H3,(H,24,25,27);1H. The Morgan fingerprint density at radius 3 is 2.37 bits per heavy atom. The second-order valence-electron chi connectivity index (χ2n) is 7.93. The van der Waals surface area contributed by atoms with Crippen molar-refractivity contribution in [2.45, 2.75) is 50.1 Å². The Morgan fingerprint density at radius 2 is 1.77 bits per heavy atom. The Labute approximate surface area is 200 Å². The van der Waals surface area contributed by atoms with Crippen molar-refractivity contribution in [2.24, 2.45) is 0 Å². The number of nitrogens with one attached hydrogen (secondary N) is 1. The van der Waals surface area contributed by atoms with E-state index in [1.807, 2.05) is 18.2 Å². The van der Waals surface area contributed by atoms with Gasteiger partial charge in [-0.1, -0.05) is 68.1 Å². The van der Waals surface area contributed by atoms with Gasteiger partial charge in [0.25, 0.3) is 5.91 Å². The van der Waals surface area contributed by atoms with Crippen molar-refractivity contribution in [3.8, 4) is 0 Å². The maximum Gasteiger partial charge on any atom is 0.258 e. The maximum absolute atomic E-state index is 12.4. The molecule has 3 aromatic rings. The van der Waals surface area contributed by atoms with Gasteiger partial charge in [-0.25, -0.2) is 0 Å². The van der Waals surface area contributed by atoms with E-state index < -0.39 is 0 Å². The number of halogens is 2. The number of benzene rings is 2. The molecule has 0 aliphatic carbocycles. The molecule has 0 spiro atoms. The number of hydrogen-bond donors (Lipinski definition) is 1. The molecule has 3 rings (SSSR count). The van der Waals surface area contributed by atoms with Crippen LogP contribution in [0.3, 0.4) is 0 Å². The minimum atomic E-state index is -0.199. The summed E-state index contributed by atoms with van der Waals surface area (Å²) >= 11 is 6.44. The third-order valence-corrected chi connectivity index (χ3v) is 7.34. The summed E-state index contributed by atoms with van der Waals surface area (Å²) in [4.78, 5) is 12.4. The second-order valence-corrected chi connectivity index (χ2v) is 11.0. The largest absolute Gasteiger partial charge is 0.296 e. The Morgan fingerprint density at radius 1 is 1.13 bits per heavy atom. The first kappa shape index (κ1) is 24.9. The number of thioether (sulfide) groups is 1. The summed E-state index contributed by atoms with van der Waals surface area (Å²) in [5.74, 6) is 0.629. The second kappa shape index (κ2) is 10.3. The fraction of sp³-hybridized carbons (Fsp3) is 0.318. The minimum Gasteiger partial charge on any atom is -0.296 e. The van der Waals surface area contributed by atoms with Gasteiger partial charge in [0.05, 0.1) is 5.56 Å². The zero-order chi connectivity index (χ0) is 21.2. The Hall–Kier alpha value is -1.41. The van der Waals surface area contributed by atoms with Gasteiger partial charge in [0, 0.05) is 10.2 Å². The molecule has 4 nitrogen and oxygen atoms in total. The van der Waals surface area contributed by atoms with Crippen LogP contribution in [-0.2, 0) is 11.2 Å². The molecule has 1 aromatic heterocycles. The maximum atomic E-state index is 12.4. The van der Waals surface area contributed by atoms with Gasteiger partial charge in [0.1, 0.15) is 0 Å². The summed E-state index contributed by atoms with van der Waals surface area (Å²) in [5.41, 5.74) is 6.00. The number of carbonyl (C=O) groups excluding carboxylic acids is 1. The van der Waals surface area contributed by atoms with Gasteiger partial charge in [0.2, 0.25) is 5.13 Å². The predicted molar refractivity (Wildman–Crippen MR) is 133 cm³/mol. The smallest absolute Gasteiger partial charge is 0.258 e. The zero-order valence-electron chi connectivity index (χ0n) is 17.6. The number of rotatable bonds is 5. The van der Waals surface area contributed by atoms with Crippen LogP contribution in [0.1, 0.15) is 53.4 Å². The van der Waals surface area contributed by atoms with Crippen molar-refractivity contribution in [2.75, 3.05) is 5.32 Å². The number of hydrogen-bond acceptors (Lipinski definition) is 5. The molecular formula is C22H25BrClN3OS2.